The fourth-order valence-electron chi connectivity index (χ4n) is 1.76. The van der Waals surface area contributed by atoms with E-state index in [2.05, 4.69) is 0 Å². The van der Waals surface area contributed by atoms with Crippen LogP contribution in [0, 0.1) is 19.7 Å². The second-order valence-corrected chi connectivity index (χ2v) is 4.26. The molecule has 2 aromatic rings. The number of hydrogen-bond acceptors (Lipinski definition) is 2. The SMILES string of the molecule is Cc1cc(Oc2ccc(F)cc2C)ccc1CO. The summed E-state index contributed by atoms with van der Waals surface area (Å²) in [5.74, 6) is 1.04. The summed E-state index contributed by atoms with van der Waals surface area (Å²) < 4.78 is 18.7. The minimum absolute atomic E-state index is 0.0156. The van der Waals surface area contributed by atoms with E-state index in [-0.39, 0.29) is 12.4 Å². The van der Waals surface area contributed by atoms with Gasteiger partial charge in [-0.25, -0.2) is 4.39 Å². The largest absolute Gasteiger partial charge is 0.457 e. The van der Waals surface area contributed by atoms with Crippen molar-refractivity contribution >= 4 is 0 Å². The highest BCUT2D eigenvalue weighted by atomic mass is 19.1. The van der Waals surface area contributed by atoms with Gasteiger partial charge in [-0.3, -0.25) is 0 Å². The first-order chi connectivity index (χ1) is 8.60. The Bertz CT molecular complexity index is 564. The van der Waals surface area contributed by atoms with Gasteiger partial charge in [0.2, 0.25) is 0 Å². The van der Waals surface area contributed by atoms with Crippen LogP contribution in [0.3, 0.4) is 0 Å². The maximum absolute atomic E-state index is 13.0. The van der Waals surface area contributed by atoms with Crippen molar-refractivity contribution in [3.05, 3.63) is 58.9 Å². The molecule has 1 N–H and O–H groups in total. The van der Waals surface area contributed by atoms with E-state index in [0.29, 0.717) is 11.5 Å². The molecule has 0 bridgehead atoms. The number of aliphatic hydroxyl groups is 1. The van der Waals surface area contributed by atoms with Crippen molar-refractivity contribution in [3.8, 4) is 11.5 Å². The number of aryl methyl sites for hydroxylation is 2. The van der Waals surface area contributed by atoms with Gasteiger partial charge in [-0.1, -0.05) is 6.07 Å². The van der Waals surface area contributed by atoms with E-state index in [9.17, 15) is 4.39 Å². The Morgan fingerprint density at radius 1 is 1.06 bits per heavy atom. The van der Waals surface area contributed by atoms with E-state index in [1.165, 1.54) is 12.1 Å². The van der Waals surface area contributed by atoms with Crippen LogP contribution in [0.5, 0.6) is 11.5 Å². The second-order valence-electron chi connectivity index (χ2n) is 4.26. The van der Waals surface area contributed by atoms with Crippen molar-refractivity contribution in [3.63, 3.8) is 0 Å². The summed E-state index contributed by atoms with van der Waals surface area (Å²) in [5.41, 5.74) is 2.59. The van der Waals surface area contributed by atoms with Crippen LogP contribution in [0.2, 0.25) is 0 Å². The average Bonchev–Trinajstić information content (AvgIpc) is 2.33. The molecule has 0 aliphatic carbocycles. The molecule has 0 radical (unpaired) electrons. The molecule has 0 spiro atoms. The van der Waals surface area contributed by atoms with Gasteiger partial charge in [-0.15, -0.1) is 0 Å². The number of halogens is 1. The van der Waals surface area contributed by atoms with Crippen LogP contribution in [-0.2, 0) is 6.61 Å². The van der Waals surface area contributed by atoms with Crippen molar-refractivity contribution in [2.45, 2.75) is 20.5 Å². The van der Waals surface area contributed by atoms with Crippen molar-refractivity contribution in [1.82, 2.24) is 0 Å². The average molecular weight is 246 g/mol. The molecule has 0 atom stereocenters. The smallest absolute Gasteiger partial charge is 0.130 e. The van der Waals surface area contributed by atoms with Crippen LogP contribution < -0.4 is 4.74 Å². The molecule has 0 saturated carbocycles. The topological polar surface area (TPSA) is 29.5 Å². The van der Waals surface area contributed by atoms with Gasteiger partial charge < -0.3 is 9.84 Å². The zero-order valence-electron chi connectivity index (χ0n) is 10.4. The third-order valence-corrected chi connectivity index (χ3v) is 2.85. The number of ether oxygens (including phenoxy) is 1. The Balaban J connectivity index is 2.26. The van der Waals surface area contributed by atoms with Gasteiger partial charge in [0, 0.05) is 0 Å². The normalized spacial score (nSPS) is 10.4. The molecule has 0 unspecified atom stereocenters. The van der Waals surface area contributed by atoms with Crippen molar-refractivity contribution in [2.24, 2.45) is 0 Å². The quantitative estimate of drug-likeness (QED) is 0.894. The van der Waals surface area contributed by atoms with E-state index >= 15 is 0 Å². The first-order valence-corrected chi connectivity index (χ1v) is 5.74. The highest BCUT2D eigenvalue weighted by Gasteiger charge is 2.04. The molecule has 0 amide bonds. The van der Waals surface area contributed by atoms with Gasteiger partial charge >= 0.3 is 0 Å². The van der Waals surface area contributed by atoms with Crippen molar-refractivity contribution in [2.75, 3.05) is 0 Å². The van der Waals surface area contributed by atoms with Gasteiger partial charge in [0.15, 0.2) is 0 Å². The Kier molecular flexibility index (Phi) is 3.63. The Morgan fingerprint density at radius 3 is 2.44 bits per heavy atom. The minimum atomic E-state index is -0.272. The van der Waals surface area contributed by atoms with Crippen LogP contribution in [0.1, 0.15) is 16.7 Å². The second kappa shape index (κ2) is 5.19. The molecule has 0 aliphatic heterocycles. The summed E-state index contributed by atoms with van der Waals surface area (Å²) in [4.78, 5) is 0. The van der Waals surface area contributed by atoms with Crippen LogP contribution in [-0.4, -0.2) is 5.11 Å². The molecule has 2 rings (SSSR count). The number of benzene rings is 2. The number of aliphatic hydroxyl groups excluding tert-OH is 1. The first kappa shape index (κ1) is 12.6. The van der Waals surface area contributed by atoms with E-state index in [0.717, 1.165) is 16.7 Å². The highest BCUT2D eigenvalue weighted by molar-refractivity contribution is 5.40. The van der Waals surface area contributed by atoms with Gasteiger partial charge in [0.1, 0.15) is 17.3 Å². The summed E-state index contributed by atoms with van der Waals surface area (Å²) in [7, 11) is 0. The van der Waals surface area contributed by atoms with Crippen LogP contribution in [0.25, 0.3) is 0 Å². The predicted molar refractivity (Wildman–Crippen MR) is 68.3 cm³/mol. The molecule has 2 nitrogen and oxygen atoms in total. The van der Waals surface area contributed by atoms with Crippen molar-refractivity contribution in [1.29, 1.82) is 0 Å². The first-order valence-electron chi connectivity index (χ1n) is 5.74. The van der Waals surface area contributed by atoms with E-state index in [1.54, 1.807) is 19.1 Å². The lowest BCUT2D eigenvalue weighted by atomic mass is 10.1. The Morgan fingerprint density at radius 2 is 1.83 bits per heavy atom. The highest BCUT2D eigenvalue weighted by Crippen LogP contribution is 2.27. The molecular weight excluding hydrogens is 231 g/mol. The standard InChI is InChI=1S/C15H15FO2/c1-10-8-14(5-3-12(10)9-17)18-15-6-4-13(16)7-11(15)2/h3-8,17H,9H2,1-2H3. The fourth-order valence-corrected chi connectivity index (χ4v) is 1.76. The van der Waals surface area contributed by atoms with Gasteiger partial charge in [0.05, 0.1) is 6.61 Å². The molecule has 2 aromatic carbocycles. The molecule has 94 valence electrons. The van der Waals surface area contributed by atoms with Gasteiger partial charge in [-0.05, 0) is 60.9 Å². The van der Waals surface area contributed by atoms with Gasteiger partial charge in [-0.2, -0.15) is 0 Å². The molecule has 18 heavy (non-hydrogen) atoms. The summed E-state index contributed by atoms with van der Waals surface area (Å²) in [6.45, 7) is 3.73. The summed E-state index contributed by atoms with van der Waals surface area (Å²) in [6.07, 6.45) is 0. The van der Waals surface area contributed by atoms with Crippen LogP contribution in [0.15, 0.2) is 36.4 Å². The van der Waals surface area contributed by atoms with E-state index in [4.69, 9.17) is 9.84 Å². The summed E-state index contributed by atoms with van der Waals surface area (Å²) in [6, 6.07) is 9.89. The lowest BCUT2D eigenvalue weighted by Crippen LogP contribution is -1.92. The fraction of sp³-hybridized carbons (Fsp3) is 0.200. The molecule has 0 saturated heterocycles. The maximum Gasteiger partial charge on any atom is 0.130 e. The number of rotatable bonds is 3. The molecule has 0 aromatic heterocycles. The molecule has 0 heterocycles. The van der Waals surface area contributed by atoms with Crippen LogP contribution >= 0.6 is 0 Å². The summed E-state index contributed by atoms with van der Waals surface area (Å²) in [5, 5.41) is 9.09. The Labute approximate surface area is 106 Å². The van der Waals surface area contributed by atoms with Gasteiger partial charge in [0.25, 0.3) is 0 Å². The Hall–Kier alpha value is -1.87. The zero-order chi connectivity index (χ0) is 13.1. The third kappa shape index (κ3) is 2.68. The van der Waals surface area contributed by atoms with E-state index in [1.807, 2.05) is 19.1 Å². The zero-order valence-corrected chi connectivity index (χ0v) is 10.4. The number of hydrogen-bond donors (Lipinski definition) is 1. The lowest BCUT2D eigenvalue weighted by molar-refractivity contribution is 0.281. The van der Waals surface area contributed by atoms with Crippen molar-refractivity contribution < 1.29 is 14.2 Å². The summed E-state index contributed by atoms with van der Waals surface area (Å²) >= 11 is 0. The third-order valence-electron chi connectivity index (χ3n) is 2.85. The minimum Gasteiger partial charge on any atom is -0.457 e. The maximum atomic E-state index is 13.0. The monoisotopic (exact) mass is 246 g/mol. The molecule has 0 fully saturated rings. The molecule has 3 heteroatoms. The molecular formula is C15H15FO2. The predicted octanol–water partition coefficient (Wildman–Crippen LogP) is 3.73. The van der Waals surface area contributed by atoms with Crippen LogP contribution in [0.4, 0.5) is 4.39 Å². The molecule has 0 aliphatic rings. The lowest BCUT2D eigenvalue weighted by Gasteiger charge is -2.10. The van der Waals surface area contributed by atoms with E-state index < -0.39 is 0 Å².